The van der Waals surface area contributed by atoms with Gasteiger partial charge in [0.1, 0.15) is 11.6 Å². The molecule has 0 aliphatic heterocycles. The lowest BCUT2D eigenvalue weighted by molar-refractivity contribution is 0.587. The summed E-state index contributed by atoms with van der Waals surface area (Å²) in [6.45, 7) is 0.203. The van der Waals surface area contributed by atoms with Crippen LogP contribution in [0.4, 0.5) is 14.7 Å². The summed E-state index contributed by atoms with van der Waals surface area (Å²) in [6, 6.07) is 3.38. The van der Waals surface area contributed by atoms with E-state index in [1.807, 2.05) is 7.05 Å². The van der Waals surface area contributed by atoms with Crippen molar-refractivity contribution >= 4 is 5.95 Å². The fourth-order valence-corrected chi connectivity index (χ4v) is 1.39. The highest BCUT2D eigenvalue weighted by atomic mass is 19.1. The highest BCUT2D eigenvalue weighted by Gasteiger charge is 2.04. The van der Waals surface area contributed by atoms with Gasteiger partial charge in [-0.3, -0.25) is 0 Å². The summed E-state index contributed by atoms with van der Waals surface area (Å²) in [6.07, 6.45) is 3.40. The SMILES string of the molecule is Cn1ccnc1NCc1cc(F)ccc1F. The minimum absolute atomic E-state index is 0.203. The number of hydrogen-bond acceptors (Lipinski definition) is 2. The standard InChI is InChI=1S/C11H11F2N3/c1-16-5-4-14-11(16)15-7-8-6-9(12)2-3-10(8)13/h2-6H,7H2,1H3,(H,14,15). The molecule has 0 atom stereocenters. The summed E-state index contributed by atoms with van der Waals surface area (Å²) in [5.41, 5.74) is 0.281. The maximum Gasteiger partial charge on any atom is 0.202 e. The molecule has 16 heavy (non-hydrogen) atoms. The van der Waals surface area contributed by atoms with Gasteiger partial charge >= 0.3 is 0 Å². The maximum absolute atomic E-state index is 13.3. The first kappa shape index (κ1) is 10.6. The largest absolute Gasteiger partial charge is 0.351 e. The van der Waals surface area contributed by atoms with Gasteiger partial charge in [-0.1, -0.05) is 0 Å². The highest BCUT2D eigenvalue weighted by Crippen LogP contribution is 2.11. The van der Waals surface area contributed by atoms with Gasteiger partial charge in [0.2, 0.25) is 5.95 Å². The summed E-state index contributed by atoms with van der Waals surface area (Å²) >= 11 is 0. The lowest BCUT2D eigenvalue weighted by Crippen LogP contribution is -2.06. The van der Waals surface area contributed by atoms with Crippen LogP contribution in [0.1, 0.15) is 5.56 Å². The van der Waals surface area contributed by atoms with Crippen LogP contribution in [0.3, 0.4) is 0 Å². The van der Waals surface area contributed by atoms with Crippen molar-refractivity contribution in [2.45, 2.75) is 6.54 Å². The first-order valence-corrected chi connectivity index (χ1v) is 4.82. The number of aryl methyl sites for hydroxylation is 1. The van der Waals surface area contributed by atoms with Crippen LogP contribution in [0.2, 0.25) is 0 Å². The molecule has 1 heterocycles. The second kappa shape index (κ2) is 4.30. The van der Waals surface area contributed by atoms with Crippen LogP contribution >= 0.6 is 0 Å². The van der Waals surface area contributed by atoms with Crippen molar-refractivity contribution in [2.24, 2.45) is 7.05 Å². The van der Waals surface area contributed by atoms with Crippen LogP contribution in [0.25, 0.3) is 0 Å². The molecule has 1 aromatic carbocycles. The molecule has 2 aromatic rings. The van der Waals surface area contributed by atoms with E-state index < -0.39 is 11.6 Å². The average molecular weight is 223 g/mol. The first-order chi connectivity index (χ1) is 7.66. The van der Waals surface area contributed by atoms with Gasteiger partial charge in [0.15, 0.2) is 0 Å². The van der Waals surface area contributed by atoms with Gasteiger partial charge in [0, 0.05) is 31.5 Å². The van der Waals surface area contributed by atoms with Crippen LogP contribution in [0.15, 0.2) is 30.6 Å². The summed E-state index contributed by atoms with van der Waals surface area (Å²) in [7, 11) is 1.82. The van der Waals surface area contributed by atoms with Crippen molar-refractivity contribution in [1.82, 2.24) is 9.55 Å². The van der Waals surface area contributed by atoms with Crippen LogP contribution in [0.5, 0.6) is 0 Å². The predicted octanol–water partition coefficient (Wildman–Crippen LogP) is 2.31. The van der Waals surface area contributed by atoms with Gasteiger partial charge < -0.3 is 9.88 Å². The molecule has 0 spiro atoms. The summed E-state index contributed by atoms with van der Waals surface area (Å²) in [5.74, 6) is -0.259. The van der Waals surface area contributed by atoms with E-state index in [2.05, 4.69) is 10.3 Å². The predicted molar refractivity (Wildman–Crippen MR) is 56.9 cm³/mol. The van der Waals surface area contributed by atoms with E-state index >= 15 is 0 Å². The number of benzene rings is 1. The Bertz CT molecular complexity index is 494. The van der Waals surface area contributed by atoms with Gasteiger partial charge in [-0.25, -0.2) is 13.8 Å². The molecule has 0 saturated heterocycles. The van der Waals surface area contributed by atoms with Crippen LogP contribution < -0.4 is 5.32 Å². The summed E-state index contributed by atoms with van der Waals surface area (Å²) in [4.78, 5) is 4.02. The van der Waals surface area contributed by atoms with E-state index in [0.717, 1.165) is 12.1 Å². The molecule has 0 radical (unpaired) electrons. The van der Waals surface area contributed by atoms with Gasteiger partial charge in [0.25, 0.3) is 0 Å². The Balaban J connectivity index is 2.10. The third-order valence-electron chi connectivity index (χ3n) is 2.27. The quantitative estimate of drug-likeness (QED) is 0.865. The average Bonchev–Trinajstić information content (AvgIpc) is 2.66. The molecule has 0 saturated carbocycles. The number of hydrogen-bond donors (Lipinski definition) is 1. The summed E-state index contributed by atoms with van der Waals surface area (Å²) < 4.78 is 27.9. The molecule has 1 N–H and O–H groups in total. The number of anilines is 1. The van der Waals surface area contributed by atoms with Crippen molar-refractivity contribution in [2.75, 3.05) is 5.32 Å². The van der Waals surface area contributed by atoms with Gasteiger partial charge in [-0.15, -0.1) is 0 Å². The Morgan fingerprint density at radius 3 is 2.88 bits per heavy atom. The minimum Gasteiger partial charge on any atom is -0.351 e. The molecule has 0 amide bonds. The molecule has 84 valence electrons. The van der Waals surface area contributed by atoms with E-state index in [9.17, 15) is 8.78 Å². The smallest absolute Gasteiger partial charge is 0.202 e. The number of rotatable bonds is 3. The molecule has 5 heteroatoms. The fraction of sp³-hybridized carbons (Fsp3) is 0.182. The Labute approximate surface area is 91.7 Å². The number of halogens is 2. The summed E-state index contributed by atoms with van der Waals surface area (Å²) in [5, 5.41) is 2.92. The molecular weight excluding hydrogens is 212 g/mol. The van der Waals surface area contributed by atoms with Gasteiger partial charge in [-0.2, -0.15) is 0 Å². The van der Waals surface area contributed by atoms with Crippen molar-refractivity contribution in [1.29, 1.82) is 0 Å². The van der Waals surface area contributed by atoms with E-state index in [0.29, 0.717) is 5.95 Å². The van der Waals surface area contributed by atoms with Crippen molar-refractivity contribution < 1.29 is 8.78 Å². The fourth-order valence-electron chi connectivity index (χ4n) is 1.39. The molecule has 0 fully saturated rings. The topological polar surface area (TPSA) is 29.9 Å². The first-order valence-electron chi connectivity index (χ1n) is 4.82. The Morgan fingerprint density at radius 2 is 2.19 bits per heavy atom. The van der Waals surface area contributed by atoms with Crippen LogP contribution in [-0.2, 0) is 13.6 Å². The van der Waals surface area contributed by atoms with Crippen LogP contribution in [-0.4, -0.2) is 9.55 Å². The molecule has 0 unspecified atom stereocenters. The minimum atomic E-state index is -0.446. The molecule has 2 rings (SSSR count). The third kappa shape index (κ3) is 2.18. The Kier molecular flexibility index (Phi) is 2.85. The van der Waals surface area contributed by atoms with Gasteiger partial charge in [-0.05, 0) is 18.2 Å². The number of nitrogens with zero attached hydrogens (tertiary/aromatic N) is 2. The molecule has 0 aliphatic rings. The van der Waals surface area contributed by atoms with Gasteiger partial charge in [0.05, 0.1) is 0 Å². The molecule has 0 aliphatic carbocycles. The molecule has 1 aromatic heterocycles. The zero-order valence-electron chi connectivity index (χ0n) is 8.74. The van der Waals surface area contributed by atoms with E-state index in [-0.39, 0.29) is 12.1 Å². The van der Waals surface area contributed by atoms with Crippen molar-refractivity contribution in [3.63, 3.8) is 0 Å². The number of aromatic nitrogens is 2. The van der Waals surface area contributed by atoms with Crippen LogP contribution in [0, 0.1) is 11.6 Å². The lowest BCUT2D eigenvalue weighted by atomic mass is 10.2. The third-order valence-corrected chi connectivity index (χ3v) is 2.27. The zero-order valence-corrected chi connectivity index (χ0v) is 8.74. The van der Waals surface area contributed by atoms with E-state index in [1.165, 1.54) is 6.07 Å². The van der Waals surface area contributed by atoms with E-state index in [1.54, 1.807) is 17.0 Å². The molecular formula is C11H11F2N3. The van der Waals surface area contributed by atoms with Crippen molar-refractivity contribution in [3.05, 3.63) is 47.8 Å². The second-order valence-corrected chi connectivity index (χ2v) is 3.45. The normalized spacial score (nSPS) is 10.4. The van der Waals surface area contributed by atoms with Crippen molar-refractivity contribution in [3.8, 4) is 0 Å². The molecule has 3 nitrogen and oxygen atoms in total. The number of nitrogens with one attached hydrogen (secondary N) is 1. The molecule has 0 bridgehead atoms. The Hall–Kier alpha value is -1.91. The second-order valence-electron chi connectivity index (χ2n) is 3.45. The monoisotopic (exact) mass is 223 g/mol. The zero-order chi connectivity index (χ0) is 11.5. The van der Waals surface area contributed by atoms with E-state index in [4.69, 9.17) is 0 Å². The number of imidazole rings is 1. The highest BCUT2D eigenvalue weighted by molar-refractivity contribution is 5.29. The lowest BCUT2D eigenvalue weighted by Gasteiger charge is -2.06. The maximum atomic E-state index is 13.3. The Morgan fingerprint density at radius 1 is 1.38 bits per heavy atom.